The van der Waals surface area contributed by atoms with Crippen LogP contribution in [-0.4, -0.2) is 11.9 Å². The summed E-state index contributed by atoms with van der Waals surface area (Å²) in [5.41, 5.74) is 2.09. The lowest BCUT2D eigenvalue weighted by atomic mass is 9.92. The third-order valence-corrected chi connectivity index (χ3v) is 3.92. The van der Waals surface area contributed by atoms with Crippen molar-refractivity contribution in [1.82, 2.24) is 0 Å². The van der Waals surface area contributed by atoms with E-state index in [0.29, 0.717) is 0 Å². The number of ether oxygens (including phenoxy) is 3. The molecule has 0 saturated heterocycles. The molecule has 4 nitrogen and oxygen atoms in total. The van der Waals surface area contributed by atoms with E-state index in [-0.39, 0.29) is 24.6 Å². The molecule has 0 saturated carbocycles. The Morgan fingerprint density at radius 3 is 2.70 bits per heavy atom. The molecule has 0 fully saturated rings. The Morgan fingerprint density at radius 1 is 1.00 bits per heavy atom. The topological polar surface area (TPSA) is 47.9 Å². The van der Waals surface area contributed by atoms with Gasteiger partial charge in [-0.25, -0.2) is 0 Å². The number of phenols is 1. The van der Waals surface area contributed by atoms with E-state index in [1.54, 1.807) is 12.1 Å². The second kappa shape index (κ2) is 4.07. The van der Waals surface area contributed by atoms with Crippen molar-refractivity contribution in [2.45, 2.75) is 18.9 Å². The Hall–Kier alpha value is -2.36. The van der Waals surface area contributed by atoms with Gasteiger partial charge in [0.15, 0.2) is 11.5 Å². The highest BCUT2D eigenvalue weighted by atomic mass is 16.7. The zero-order valence-corrected chi connectivity index (χ0v) is 11.0. The van der Waals surface area contributed by atoms with Gasteiger partial charge in [0.25, 0.3) is 0 Å². The zero-order chi connectivity index (χ0) is 13.7. The van der Waals surface area contributed by atoms with Gasteiger partial charge in [0.2, 0.25) is 6.79 Å². The average Bonchev–Trinajstić information content (AvgIpc) is 3.03. The van der Waals surface area contributed by atoms with Crippen LogP contribution >= 0.6 is 0 Å². The zero-order valence-electron chi connectivity index (χ0n) is 11.0. The van der Waals surface area contributed by atoms with E-state index >= 15 is 0 Å². The van der Waals surface area contributed by atoms with E-state index in [2.05, 4.69) is 6.92 Å². The van der Waals surface area contributed by atoms with E-state index in [1.807, 2.05) is 24.3 Å². The van der Waals surface area contributed by atoms with Crippen molar-refractivity contribution in [3.8, 4) is 23.0 Å². The maximum atomic E-state index is 9.61. The molecule has 0 aromatic heterocycles. The predicted molar refractivity (Wildman–Crippen MR) is 72.5 cm³/mol. The number of rotatable bonds is 1. The van der Waals surface area contributed by atoms with Crippen LogP contribution in [0.1, 0.15) is 30.1 Å². The summed E-state index contributed by atoms with van der Waals surface area (Å²) in [4.78, 5) is 0. The van der Waals surface area contributed by atoms with Gasteiger partial charge < -0.3 is 19.3 Å². The Balaban J connectivity index is 1.71. The Morgan fingerprint density at radius 2 is 1.80 bits per heavy atom. The molecule has 20 heavy (non-hydrogen) atoms. The molecule has 2 aromatic rings. The summed E-state index contributed by atoms with van der Waals surface area (Å²) < 4.78 is 16.7. The lowest BCUT2D eigenvalue weighted by Gasteiger charge is -2.16. The van der Waals surface area contributed by atoms with Crippen molar-refractivity contribution < 1.29 is 19.3 Å². The van der Waals surface area contributed by atoms with Crippen LogP contribution in [-0.2, 0) is 0 Å². The van der Waals surface area contributed by atoms with Crippen LogP contribution in [0.15, 0.2) is 36.4 Å². The van der Waals surface area contributed by atoms with Gasteiger partial charge in [-0.3, -0.25) is 0 Å². The summed E-state index contributed by atoms with van der Waals surface area (Å²) in [5.74, 6) is 2.81. The predicted octanol–water partition coefficient (Wildman–Crippen LogP) is 3.36. The highest BCUT2D eigenvalue weighted by Crippen LogP contribution is 2.48. The minimum atomic E-state index is -0.0682. The van der Waals surface area contributed by atoms with Crippen molar-refractivity contribution >= 4 is 0 Å². The van der Waals surface area contributed by atoms with Crippen LogP contribution in [0.3, 0.4) is 0 Å². The molecule has 102 valence electrons. The van der Waals surface area contributed by atoms with Crippen molar-refractivity contribution in [2.75, 3.05) is 6.79 Å². The fourth-order valence-electron chi connectivity index (χ4n) is 2.85. The van der Waals surface area contributed by atoms with Gasteiger partial charge >= 0.3 is 0 Å². The fraction of sp³-hybridized carbons (Fsp3) is 0.250. The molecule has 0 aliphatic carbocycles. The van der Waals surface area contributed by atoms with Crippen molar-refractivity contribution in [3.63, 3.8) is 0 Å². The largest absolute Gasteiger partial charge is 0.508 e. The normalized spacial score (nSPS) is 22.4. The lowest BCUT2D eigenvalue weighted by molar-refractivity contribution is 0.173. The number of phenolic OH excluding ortho intramolecular Hbond substituents is 1. The van der Waals surface area contributed by atoms with Gasteiger partial charge in [-0.2, -0.15) is 0 Å². The van der Waals surface area contributed by atoms with E-state index in [1.165, 1.54) is 0 Å². The molecule has 1 N–H and O–H groups in total. The molecule has 2 heterocycles. The minimum absolute atomic E-state index is 0.0682. The molecule has 0 unspecified atom stereocenters. The SMILES string of the molecule is C[C@@H]1c2cc(O)ccc2O[C@H]1c1ccc2c(c1)OCO2. The molecule has 2 aliphatic rings. The summed E-state index contributed by atoms with van der Waals surface area (Å²) >= 11 is 0. The number of benzene rings is 2. The van der Waals surface area contributed by atoms with Crippen LogP contribution in [0.5, 0.6) is 23.0 Å². The van der Waals surface area contributed by atoms with Gasteiger partial charge in [-0.1, -0.05) is 13.0 Å². The Bertz CT molecular complexity index is 680. The van der Waals surface area contributed by atoms with Gasteiger partial charge in [-0.05, 0) is 35.9 Å². The summed E-state index contributed by atoms with van der Waals surface area (Å²) in [6.07, 6.45) is -0.0682. The lowest BCUT2D eigenvalue weighted by Crippen LogP contribution is -2.07. The van der Waals surface area contributed by atoms with E-state index in [0.717, 1.165) is 28.4 Å². The first-order valence-corrected chi connectivity index (χ1v) is 6.61. The monoisotopic (exact) mass is 270 g/mol. The number of aromatic hydroxyl groups is 1. The minimum Gasteiger partial charge on any atom is -0.508 e. The first-order chi connectivity index (χ1) is 9.72. The van der Waals surface area contributed by atoms with Crippen molar-refractivity contribution in [3.05, 3.63) is 47.5 Å². The molecule has 0 bridgehead atoms. The number of fused-ring (bicyclic) bond motifs is 2. The Labute approximate surface area is 116 Å². The summed E-state index contributed by atoms with van der Waals surface area (Å²) in [5, 5.41) is 9.61. The molecule has 4 heteroatoms. The highest BCUT2D eigenvalue weighted by molar-refractivity contribution is 5.50. The molecule has 2 atom stereocenters. The van der Waals surface area contributed by atoms with Crippen LogP contribution in [0.2, 0.25) is 0 Å². The first kappa shape index (κ1) is 11.5. The van der Waals surface area contributed by atoms with E-state index in [9.17, 15) is 5.11 Å². The van der Waals surface area contributed by atoms with Gasteiger partial charge in [0, 0.05) is 11.5 Å². The molecule has 0 amide bonds. The summed E-state index contributed by atoms with van der Waals surface area (Å²) in [6, 6.07) is 11.1. The van der Waals surface area contributed by atoms with Crippen LogP contribution < -0.4 is 14.2 Å². The van der Waals surface area contributed by atoms with Crippen LogP contribution in [0, 0.1) is 0 Å². The van der Waals surface area contributed by atoms with Crippen molar-refractivity contribution in [1.29, 1.82) is 0 Å². The third kappa shape index (κ3) is 1.61. The first-order valence-electron chi connectivity index (χ1n) is 6.61. The average molecular weight is 270 g/mol. The molecular formula is C16H14O4. The third-order valence-electron chi connectivity index (χ3n) is 3.92. The number of hydrogen-bond acceptors (Lipinski definition) is 4. The Kier molecular flexibility index (Phi) is 2.33. The van der Waals surface area contributed by atoms with Crippen LogP contribution in [0.4, 0.5) is 0 Å². The van der Waals surface area contributed by atoms with E-state index in [4.69, 9.17) is 14.2 Å². The summed E-state index contributed by atoms with van der Waals surface area (Å²) in [7, 11) is 0. The maximum Gasteiger partial charge on any atom is 0.231 e. The van der Waals surface area contributed by atoms with Crippen LogP contribution in [0.25, 0.3) is 0 Å². The molecule has 2 aliphatic heterocycles. The molecule has 0 spiro atoms. The smallest absolute Gasteiger partial charge is 0.231 e. The van der Waals surface area contributed by atoms with Gasteiger partial charge in [-0.15, -0.1) is 0 Å². The molecule has 4 rings (SSSR count). The fourth-order valence-corrected chi connectivity index (χ4v) is 2.85. The standard InChI is InChI=1S/C16H14O4/c1-9-12-7-11(17)3-5-13(12)20-16(9)10-2-4-14-15(6-10)19-8-18-14/h2-7,9,16-17H,8H2,1H3/t9-,16-/m1/s1. The summed E-state index contributed by atoms with van der Waals surface area (Å²) in [6.45, 7) is 2.37. The number of hydrogen-bond donors (Lipinski definition) is 1. The second-order valence-electron chi connectivity index (χ2n) is 5.16. The second-order valence-corrected chi connectivity index (χ2v) is 5.16. The maximum absolute atomic E-state index is 9.61. The quantitative estimate of drug-likeness (QED) is 0.863. The van der Waals surface area contributed by atoms with E-state index < -0.39 is 0 Å². The molecular weight excluding hydrogens is 256 g/mol. The highest BCUT2D eigenvalue weighted by Gasteiger charge is 2.33. The van der Waals surface area contributed by atoms with Crippen molar-refractivity contribution in [2.24, 2.45) is 0 Å². The van der Waals surface area contributed by atoms with Gasteiger partial charge in [0.1, 0.15) is 17.6 Å². The molecule has 0 radical (unpaired) electrons. The van der Waals surface area contributed by atoms with Gasteiger partial charge in [0.05, 0.1) is 0 Å². The molecule has 2 aromatic carbocycles.